The Balaban J connectivity index is 1.53. The van der Waals surface area contributed by atoms with Crippen LogP contribution in [-0.4, -0.2) is 56.6 Å². The number of nitrogens with one attached hydrogen (secondary N) is 3. The van der Waals surface area contributed by atoms with Gasteiger partial charge in [-0.25, -0.2) is 9.78 Å². The smallest absolute Gasteiger partial charge is 0.407 e. The van der Waals surface area contributed by atoms with Crippen molar-refractivity contribution in [2.24, 2.45) is 11.8 Å². The number of alkyl carbamates (subject to hydrolysis) is 1. The van der Waals surface area contributed by atoms with Crippen molar-refractivity contribution in [3.63, 3.8) is 0 Å². The molecule has 1 heterocycles. The van der Waals surface area contributed by atoms with Crippen LogP contribution in [0.3, 0.4) is 0 Å². The highest BCUT2D eigenvalue weighted by molar-refractivity contribution is 5.90. The molecule has 4 rings (SSSR count). The average Bonchev–Trinajstić information content (AvgIpc) is 3.51. The lowest BCUT2D eigenvalue weighted by Crippen LogP contribution is -2.50. The minimum atomic E-state index is -1.09. The Bertz CT molecular complexity index is 1660. The molecule has 0 fully saturated rings. The van der Waals surface area contributed by atoms with E-state index >= 15 is 0 Å². The number of hydrogen-bond acceptors (Lipinski definition) is 6. The van der Waals surface area contributed by atoms with Crippen molar-refractivity contribution in [3.8, 4) is 0 Å². The number of aliphatic hydroxyl groups excluding tert-OH is 1. The predicted molar refractivity (Wildman–Crippen MR) is 198 cm³/mol. The number of aromatic nitrogens is 2. The summed E-state index contributed by atoms with van der Waals surface area (Å²) in [6.45, 7) is 9.29. The van der Waals surface area contributed by atoms with Crippen LogP contribution in [0.2, 0.25) is 0 Å². The van der Waals surface area contributed by atoms with Gasteiger partial charge in [-0.05, 0) is 69.2 Å². The number of carbonyl (C=O) groups excluding carboxylic acids is 3. The van der Waals surface area contributed by atoms with Crippen LogP contribution in [0.5, 0.6) is 0 Å². The summed E-state index contributed by atoms with van der Waals surface area (Å²) < 4.78 is 5.52. The molecule has 1 aromatic heterocycles. The Labute approximate surface area is 295 Å². The normalized spacial score (nSPS) is 14.8. The lowest BCUT2D eigenvalue weighted by molar-refractivity contribution is -0.132. The van der Waals surface area contributed by atoms with Crippen LogP contribution in [0.4, 0.5) is 4.79 Å². The first-order valence-corrected chi connectivity index (χ1v) is 17.6. The van der Waals surface area contributed by atoms with Crippen molar-refractivity contribution in [1.82, 2.24) is 20.6 Å². The van der Waals surface area contributed by atoms with Crippen LogP contribution in [0.25, 0.3) is 17.1 Å². The van der Waals surface area contributed by atoms with Gasteiger partial charge in [0, 0.05) is 18.8 Å². The van der Waals surface area contributed by atoms with E-state index in [4.69, 9.17) is 4.74 Å². The fourth-order valence-electron chi connectivity index (χ4n) is 5.88. The second kappa shape index (κ2) is 18.3. The predicted octanol–water partition coefficient (Wildman–Crippen LogP) is 7.20. The molecular weight excluding hydrogens is 628 g/mol. The summed E-state index contributed by atoms with van der Waals surface area (Å²) in [5, 5.41) is 17.6. The van der Waals surface area contributed by atoms with E-state index in [-0.39, 0.29) is 30.4 Å². The number of H-pyrrole nitrogens is 1. The van der Waals surface area contributed by atoms with Gasteiger partial charge in [0.05, 0.1) is 29.2 Å². The van der Waals surface area contributed by atoms with Gasteiger partial charge in [-0.2, -0.15) is 0 Å². The number of allylic oxidation sites excluding steroid dienone is 1. The monoisotopic (exact) mass is 680 g/mol. The van der Waals surface area contributed by atoms with Gasteiger partial charge in [0.15, 0.2) is 5.78 Å². The lowest BCUT2D eigenvalue weighted by Gasteiger charge is -2.30. The Kier molecular flexibility index (Phi) is 13.9. The third-order valence-electron chi connectivity index (χ3n) is 8.80. The number of Topliss-reactive ketones (excluding diaryl/α,β-unsaturated/α-hetero) is 1. The third-order valence-corrected chi connectivity index (χ3v) is 8.80. The van der Waals surface area contributed by atoms with E-state index in [2.05, 4.69) is 20.6 Å². The topological polar surface area (TPSA) is 133 Å². The fourth-order valence-corrected chi connectivity index (χ4v) is 5.88. The highest BCUT2D eigenvalue weighted by Gasteiger charge is 2.32. The van der Waals surface area contributed by atoms with Gasteiger partial charge in [-0.1, -0.05) is 105 Å². The van der Waals surface area contributed by atoms with Crippen LogP contribution in [0.15, 0.2) is 91.0 Å². The van der Waals surface area contributed by atoms with E-state index in [0.717, 1.165) is 28.0 Å². The number of nitrogens with zero attached hydrogens (tertiary/aromatic N) is 1. The van der Waals surface area contributed by atoms with Crippen LogP contribution in [0, 0.1) is 11.8 Å². The summed E-state index contributed by atoms with van der Waals surface area (Å²) in [6, 6.07) is 25.6. The first kappa shape index (κ1) is 38.0. The second-order valence-electron chi connectivity index (χ2n) is 14.0. The molecule has 3 aromatic carbocycles. The number of benzene rings is 3. The maximum absolute atomic E-state index is 14.1. The number of aliphatic hydroxyl groups is 1. The molecule has 0 aliphatic rings. The molecule has 0 aliphatic heterocycles. The van der Waals surface area contributed by atoms with E-state index < -0.39 is 35.8 Å². The lowest BCUT2D eigenvalue weighted by atomic mass is 9.88. The molecule has 9 nitrogen and oxygen atoms in total. The standard InChI is InChI=1S/C41H52N4O5/c1-6-28(2)38(35(46)24-25-37-42-32-22-13-14-23-33(32)43-37)45-39(48)31(21-15-20-29-16-9-7-10-17-29)27-36(47)34(26-30-18-11-8-12-19-30)44-40(49)50-41(3,4)5/h7-20,22-23,28,31,34,36,38,47H,6,21,24-27H2,1-5H3,(H,42,43)(H,44,49)(H,45,48)/t28?,31-,34+,36+,38?/m1/s1. The molecule has 0 saturated heterocycles. The van der Waals surface area contributed by atoms with Crippen LogP contribution < -0.4 is 10.6 Å². The van der Waals surface area contributed by atoms with Gasteiger partial charge in [0.2, 0.25) is 5.91 Å². The summed E-state index contributed by atoms with van der Waals surface area (Å²) in [6.07, 6.45) is 4.18. The van der Waals surface area contributed by atoms with Gasteiger partial charge < -0.3 is 25.5 Å². The van der Waals surface area contributed by atoms with E-state index in [1.807, 2.05) is 111 Å². The highest BCUT2D eigenvalue weighted by Crippen LogP contribution is 2.21. The van der Waals surface area contributed by atoms with Gasteiger partial charge in [-0.3, -0.25) is 9.59 Å². The number of hydrogen-bond donors (Lipinski definition) is 4. The molecule has 5 atom stereocenters. The quantitative estimate of drug-likeness (QED) is 0.0932. The third kappa shape index (κ3) is 12.0. The van der Waals surface area contributed by atoms with Gasteiger partial charge >= 0.3 is 6.09 Å². The molecule has 4 N–H and O–H groups in total. The number of aromatic amines is 1. The number of ketones is 1. The van der Waals surface area contributed by atoms with Crippen molar-refractivity contribution in [2.75, 3.05) is 0 Å². The first-order chi connectivity index (χ1) is 23.9. The minimum absolute atomic E-state index is 0.0542. The Morgan fingerprint density at radius 3 is 2.26 bits per heavy atom. The van der Waals surface area contributed by atoms with Crippen LogP contribution in [-0.2, 0) is 27.2 Å². The summed E-state index contributed by atoms with van der Waals surface area (Å²) in [4.78, 5) is 48.5. The maximum atomic E-state index is 14.1. The maximum Gasteiger partial charge on any atom is 0.407 e. The molecule has 2 amide bonds. The minimum Gasteiger partial charge on any atom is -0.444 e. The van der Waals surface area contributed by atoms with E-state index in [0.29, 0.717) is 25.7 Å². The van der Waals surface area contributed by atoms with Crippen LogP contribution >= 0.6 is 0 Å². The Morgan fingerprint density at radius 1 is 0.940 bits per heavy atom. The molecule has 50 heavy (non-hydrogen) atoms. The molecule has 0 bridgehead atoms. The summed E-state index contributed by atoms with van der Waals surface area (Å²) in [7, 11) is 0. The van der Waals surface area contributed by atoms with Gasteiger partial charge in [-0.15, -0.1) is 0 Å². The van der Waals surface area contributed by atoms with Crippen molar-refractivity contribution in [1.29, 1.82) is 0 Å². The molecule has 2 unspecified atom stereocenters. The summed E-state index contributed by atoms with van der Waals surface area (Å²) in [5.74, 6) is -0.450. The second-order valence-corrected chi connectivity index (χ2v) is 14.0. The van der Waals surface area contributed by atoms with Crippen molar-refractivity contribution < 1.29 is 24.2 Å². The number of fused-ring (bicyclic) bond motifs is 1. The molecule has 0 saturated carbocycles. The Hall–Kier alpha value is -4.76. The zero-order valence-electron chi connectivity index (χ0n) is 29.9. The van der Waals surface area contributed by atoms with Crippen molar-refractivity contribution >= 4 is 34.9 Å². The van der Waals surface area contributed by atoms with E-state index in [1.165, 1.54) is 0 Å². The molecular formula is C41H52N4O5. The number of para-hydroxylation sites is 2. The summed E-state index contributed by atoms with van der Waals surface area (Å²) in [5.41, 5.74) is 2.94. The average molecular weight is 681 g/mol. The van der Waals surface area contributed by atoms with Gasteiger partial charge in [0.1, 0.15) is 11.4 Å². The fraction of sp³-hybridized carbons (Fsp3) is 0.415. The number of ether oxygens (including phenoxy) is 1. The first-order valence-electron chi connectivity index (χ1n) is 17.6. The van der Waals surface area contributed by atoms with Crippen LogP contribution in [0.1, 0.15) is 77.3 Å². The van der Waals surface area contributed by atoms with Crippen molar-refractivity contribution in [2.45, 2.75) is 96.9 Å². The molecule has 0 spiro atoms. The van der Waals surface area contributed by atoms with E-state index in [9.17, 15) is 19.5 Å². The number of carbonyl (C=O) groups is 3. The SMILES string of the molecule is CCC(C)C(NC(=O)[C@H](CC=Cc1ccccc1)C[C@H](O)[C@H](Cc1ccccc1)NC(=O)OC(C)(C)C)C(=O)CCc1nc2ccccc2[nH]1. The Morgan fingerprint density at radius 2 is 1.60 bits per heavy atom. The number of imidazole rings is 1. The number of aryl methyl sites for hydroxylation is 1. The number of rotatable bonds is 17. The molecule has 266 valence electrons. The summed E-state index contributed by atoms with van der Waals surface area (Å²) >= 11 is 0. The molecule has 9 heteroatoms. The zero-order valence-corrected chi connectivity index (χ0v) is 29.9. The highest BCUT2D eigenvalue weighted by atomic mass is 16.6. The molecule has 0 radical (unpaired) electrons. The molecule has 4 aromatic rings. The van der Waals surface area contributed by atoms with Crippen molar-refractivity contribution in [3.05, 3.63) is 108 Å². The van der Waals surface area contributed by atoms with E-state index in [1.54, 1.807) is 20.8 Å². The largest absolute Gasteiger partial charge is 0.444 e. The van der Waals surface area contributed by atoms with Gasteiger partial charge in [0.25, 0.3) is 0 Å². The zero-order chi connectivity index (χ0) is 36.1. The molecule has 0 aliphatic carbocycles. The number of amides is 2.